The van der Waals surface area contributed by atoms with Crippen LogP contribution in [-0.2, 0) is 32.7 Å². The van der Waals surface area contributed by atoms with Crippen LogP contribution in [0.5, 0.6) is 0 Å². The molecule has 1 radical (unpaired) electrons. The molecule has 8 aromatic carbocycles. The first-order valence-corrected chi connectivity index (χ1v) is 14.4. The number of rotatable bonds is 4. The van der Waals surface area contributed by atoms with Gasteiger partial charge in [-0.1, -0.05) is 103 Å². The van der Waals surface area contributed by atoms with E-state index in [0.29, 0.717) is 0 Å². The van der Waals surface area contributed by atoms with Crippen molar-refractivity contribution in [2.45, 2.75) is 0 Å². The number of hydrogen-bond acceptors (Lipinski definition) is 0. The summed E-state index contributed by atoms with van der Waals surface area (Å²) in [6, 6.07) is 63.3. The van der Waals surface area contributed by atoms with Crippen LogP contribution >= 0.6 is 0 Å². The van der Waals surface area contributed by atoms with Gasteiger partial charge in [0, 0.05) is 32.7 Å². The van der Waals surface area contributed by atoms with Crippen molar-refractivity contribution in [2.75, 3.05) is 0 Å². The fraction of sp³-hybridized carbons (Fsp3) is 0. The molecule has 0 unspecified atom stereocenters. The molecule has 43 heavy (non-hydrogen) atoms. The van der Waals surface area contributed by atoms with Gasteiger partial charge in [-0.15, -0.1) is 17.7 Å². The molecule has 0 aliphatic rings. The Morgan fingerprint density at radius 1 is 0.326 bits per heavy atom. The van der Waals surface area contributed by atoms with Crippen LogP contribution in [0, 0.1) is 12.1 Å². The summed E-state index contributed by atoms with van der Waals surface area (Å²) < 4.78 is 0. The molecule has 0 heterocycles. The molecule has 0 fully saturated rings. The van der Waals surface area contributed by atoms with Crippen molar-refractivity contribution < 1.29 is 32.7 Å². The maximum atomic E-state index is 3.43. The smallest absolute Gasteiger partial charge is 0 e. The third-order valence-electron chi connectivity index (χ3n) is 8.26. The zero-order valence-electron chi connectivity index (χ0n) is 23.6. The van der Waals surface area contributed by atoms with Gasteiger partial charge in [0.15, 0.2) is 0 Å². The average molecular weight is 620 g/mol. The number of hydrogen-bond donors (Lipinski definition) is 0. The van der Waals surface area contributed by atoms with Crippen molar-refractivity contribution in [1.29, 1.82) is 0 Å². The van der Waals surface area contributed by atoms with Crippen LogP contribution in [0.1, 0.15) is 0 Å². The predicted molar refractivity (Wildman–Crippen MR) is 178 cm³/mol. The van der Waals surface area contributed by atoms with Gasteiger partial charge in [-0.2, -0.15) is 42.5 Å². The molecule has 0 spiro atoms. The Bertz CT molecular complexity index is 2190. The van der Waals surface area contributed by atoms with E-state index in [4.69, 9.17) is 0 Å². The summed E-state index contributed by atoms with van der Waals surface area (Å²) in [6.45, 7) is 0. The minimum absolute atomic E-state index is 0. The molecular weight excluding hydrogens is 593 g/mol. The molecule has 0 nitrogen and oxygen atoms in total. The van der Waals surface area contributed by atoms with Gasteiger partial charge < -0.3 is 0 Å². The monoisotopic (exact) mass is 619 g/mol. The first-order chi connectivity index (χ1) is 20.8. The molecule has 8 rings (SSSR count). The molecule has 0 atom stereocenters. The molecule has 0 bridgehead atoms. The second kappa shape index (κ2) is 11.7. The van der Waals surface area contributed by atoms with Gasteiger partial charge in [0.05, 0.1) is 0 Å². The second-order valence-electron chi connectivity index (χ2n) is 10.8. The van der Waals surface area contributed by atoms with Gasteiger partial charge >= 0.3 is 0 Å². The molecule has 0 aliphatic carbocycles. The molecule has 0 aliphatic heterocycles. The van der Waals surface area contributed by atoms with E-state index in [-0.39, 0.29) is 32.7 Å². The first kappa shape index (κ1) is 27.5. The summed E-state index contributed by atoms with van der Waals surface area (Å²) in [5.74, 6) is 0. The Labute approximate surface area is 277 Å². The quantitative estimate of drug-likeness (QED) is 0.136. The second-order valence-corrected chi connectivity index (χ2v) is 10.8. The van der Waals surface area contributed by atoms with E-state index >= 15 is 0 Å². The summed E-state index contributed by atoms with van der Waals surface area (Å²) in [5, 5.41) is 7.52. The van der Waals surface area contributed by atoms with E-state index < -0.39 is 0 Å². The summed E-state index contributed by atoms with van der Waals surface area (Å²) in [5.41, 5.74) is 9.48. The maximum absolute atomic E-state index is 3.43. The molecule has 1 heteroatoms. The molecule has 0 saturated carbocycles. The Balaban J connectivity index is 0.00000300. The molecule has 199 valence electrons. The van der Waals surface area contributed by atoms with Crippen LogP contribution in [0.15, 0.2) is 158 Å². The molecule has 0 saturated heterocycles. The van der Waals surface area contributed by atoms with Gasteiger partial charge in [-0.25, -0.2) is 11.1 Å². The van der Waals surface area contributed by atoms with Crippen LogP contribution in [-0.4, -0.2) is 0 Å². The zero-order chi connectivity index (χ0) is 27.9. The summed E-state index contributed by atoms with van der Waals surface area (Å²) in [7, 11) is 0. The molecule has 0 aromatic heterocycles. The topological polar surface area (TPSA) is 0 Å². The zero-order valence-corrected chi connectivity index (χ0v) is 26.4. The standard InChI is InChI=1S/C42H26.Y/c1-2-12-29(13-3-1)32-16-10-18-35(27-32)41-37-20-6-8-22-39(37)42(40-23-9-7-21-38(40)41)36-19-11-17-33(28-36)34-25-24-30-14-4-5-15-31(30)26-34;/h1-12,14-15,17-28H;/q-2;. The molecule has 0 amide bonds. The van der Waals surface area contributed by atoms with Crippen molar-refractivity contribution in [1.82, 2.24) is 0 Å². The third kappa shape index (κ3) is 5.02. The van der Waals surface area contributed by atoms with Crippen molar-refractivity contribution in [3.63, 3.8) is 0 Å². The van der Waals surface area contributed by atoms with Crippen molar-refractivity contribution in [2.24, 2.45) is 0 Å². The van der Waals surface area contributed by atoms with Gasteiger partial charge in [0.25, 0.3) is 0 Å². The molecule has 8 aromatic rings. The van der Waals surface area contributed by atoms with Crippen LogP contribution in [0.4, 0.5) is 0 Å². The normalized spacial score (nSPS) is 11.1. The Hall–Kier alpha value is -4.36. The van der Waals surface area contributed by atoms with E-state index in [0.717, 1.165) is 11.1 Å². The summed E-state index contributed by atoms with van der Waals surface area (Å²) >= 11 is 0. The van der Waals surface area contributed by atoms with Crippen molar-refractivity contribution in [3.8, 4) is 44.5 Å². The van der Waals surface area contributed by atoms with E-state index in [1.807, 2.05) is 18.2 Å². The molecule has 0 N–H and O–H groups in total. The maximum Gasteiger partial charge on any atom is 0 e. The van der Waals surface area contributed by atoms with Crippen LogP contribution in [0.3, 0.4) is 0 Å². The minimum atomic E-state index is 0. The van der Waals surface area contributed by atoms with E-state index in [2.05, 4.69) is 152 Å². The van der Waals surface area contributed by atoms with E-state index in [1.165, 1.54) is 65.7 Å². The average Bonchev–Trinajstić information content (AvgIpc) is 3.07. The number of fused-ring (bicyclic) bond motifs is 3. The fourth-order valence-electron chi connectivity index (χ4n) is 6.31. The van der Waals surface area contributed by atoms with Gasteiger partial charge in [-0.05, 0) is 72.3 Å². The third-order valence-corrected chi connectivity index (χ3v) is 8.26. The van der Waals surface area contributed by atoms with Gasteiger partial charge in [-0.3, -0.25) is 0 Å². The Kier molecular flexibility index (Phi) is 7.50. The van der Waals surface area contributed by atoms with Crippen molar-refractivity contribution in [3.05, 3.63) is 170 Å². The van der Waals surface area contributed by atoms with Gasteiger partial charge in [0.1, 0.15) is 0 Å². The summed E-state index contributed by atoms with van der Waals surface area (Å²) in [4.78, 5) is 0. The first-order valence-electron chi connectivity index (χ1n) is 14.4. The Morgan fingerprint density at radius 3 is 1.56 bits per heavy atom. The van der Waals surface area contributed by atoms with Crippen LogP contribution in [0.2, 0.25) is 0 Å². The molecular formula is C42H26Y-2. The van der Waals surface area contributed by atoms with E-state index in [1.54, 1.807) is 0 Å². The van der Waals surface area contributed by atoms with E-state index in [9.17, 15) is 0 Å². The SMILES string of the molecule is [Y].[c-]1ccccc1-c1[c-]ccc(-c2c3ccccc3c(-c3cccc(-c4ccc5ccccc5c4)c3)c3ccccc23)c1. The summed E-state index contributed by atoms with van der Waals surface area (Å²) in [6.07, 6.45) is 0. The Morgan fingerprint density at radius 2 is 0.884 bits per heavy atom. The number of benzene rings is 8. The fourth-order valence-corrected chi connectivity index (χ4v) is 6.31. The van der Waals surface area contributed by atoms with Crippen LogP contribution in [0.25, 0.3) is 76.8 Å². The minimum Gasteiger partial charge on any atom is -0.226 e. The van der Waals surface area contributed by atoms with Crippen LogP contribution < -0.4 is 0 Å². The largest absolute Gasteiger partial charge is 0.226 e. The van der Waals surface area contributed by atoms with Gasteiger partial charge in [0.2, 0.25) is 0 Å². The predicted octanol–water partition coefficient (Wildman–Crippen LogP) is 11.4. The van der Waals surface area contributed by atoms with Crippen molar-refractivity contribution >= 4 is 32.3 Å².